The van der Waals surface area contributed by atoms with E-state index in [4.69, 9.17) is 23.8 Å². The van der Waals surface area contributed by atoms with Crippen molar-refractivity contribution < 1.29 is 0 Å². The highest BCUT2D eigenvalue weighted by Gasteiger charge is 2.10. The smallest absolute Gasteiger partial charge is 0.191 e. The van der Waals surface area contributed by atoms with Crippen LogP contribution in [0.4, 0.5) is 5.69 Å². The molecule has 0 aliphatic carbocycles. The number of hydrogen-bond acceptors (Lipinski definition) is 2. The molecule has 0 atom stereocenters. The van der Waals surface area contributed by atoms with Crippen LogP contribution in [0.5, 0.6) is 0 Å². The van der Waals surface area contributed by atoms with Gasteiger partial charge in [-0.25, -0.2) is 0 Å². The predicted octanol–water partition coefficient (Wildman–Crippen LogP) is 6.58. The lowest BCUT2D eigenvalue weighted by Crippen LogP contribution is -2.24. The molecular formula is C24H20ClN3S. The standard InChI is InChI=1S/C24H20ClN3S/c1-15-8-7-13-22(16(15)2)27-24(29)28-26-14-21-17-9-3-5-11-19(17)23(25)20-12-6-4-10-18(20)21/h3-14H,1-2H3,(H2,27,28,29)/b26-14-. The maximum Gasteiger partial charge on any atom is 0.191 e. The van der Waals surface area contributed by atoms with Crippen LogP contribution in [0.15, 0.2) is 71.8 Å². The fraction of sp³-hybridized carbons (Fsp3) is 0.0833. The third-order valence-corrected chi connectivity index (χ3v) is 5.72. The summed E-state index contributed by atoms with van der Waals surface area (Å²) in [5.41, 5.74) is 7.27. The molecule has 0 heterocycles. The normalized spacial score (nSPS) is 11.3. The van der Waals surface area contributed by atoms with Crippen LogP contribution in [0.1, 0.15) is 16.7 Å². The van der Waals surface area contributed by atoms with Crippen LogP contribution >= 0.6 is 23.8 Å². The molecule has 0 bridgehead atoms. The molecule has 29 heavy (non-hydrogen) atoms. The zero-order valence-electron chi connectivity index (χ0n) is 16.2. The van der Waals surface area contributed by atoms with E-state index in [0.717, 1.165) is 43.4 Å². The van der Waals surface area contributed by atoms with E-state index in [1.165, 1.54) is 5.56 Å². The number of nitrogens with one attached hydrogen (secondary N) is 2. The SMILES string of the molecule is Cc1cccc(NC(=S)N/N=C\c2c3ccccc3c(Cl)c3ccccc23)c1C. The van der Waals surface area contributed by atoms with Crippen LogP contribution in [0.2, 0.25) is 5.02 Å². The Morgan fingerprint density at radius 3 is 2.07 bits per heavy atom. The second-order valence-corrected chi connectivity index (χ2v) is 7.68. The largest absolute Gasteiger partial charge is 0.331 e. The molecule has 4 aromatic rings. The van der Waals surface area contributed by atoms with E-state index in [0.29, 0.717) is 5.11 Å². The number of anilines is 1. The van der Waals surface area contributed by atoms with E-state index in [-0.39, 0.29) is 0 Å². The van der Waals surface area contributed by atoms with Gasteiger partial charge in [-0.3, -0.25) is 5.43 Å². The first kappa shape index (κ1) is 19.4. The molecule has 5 heteroatoms. The van der Waals surface area contributed by atoms with Gasteiger partial charge in [-0.05, 0) is 54.0 Å². The van der Waals surface area contributed by atoms with Crippen molar-refractivity contribution in [2.24, 2.45) is 5.10 Å². The van der Waals surface area contributed by atoms with Crippen molar-refractivity contribution in [1.82, 2.24) is 5.43 Å². The summed E-state index contributed by atoms with van der Waals surface area (Å²) in [6.07, 6.45) is 1.80. The zero-order valence-corrected chi connectivity index (χ0v) is 17.7. The van der Waals surface area contributed by atoms with Crippen molar-refractivity contribution in [3.8, 4) is 0 Å². The van der Waals surface area contributed by atoms with Crippen LogP contribution in [-0.4, -0.2) is 11.3 Å². The van der Waals surface area contributed by atoms with Gasteiger partial charge in [0, 0.05) is 22.0 Å². The first-order chi connectivity index (χ1) is 14.1. The average Bonchev–Trinajstić information content (AvgIpc) is 2.74. The van der Waals surface area contributed by atoms with Gasteiger partial charge in [0.1, 0.15) is 0 Å². The molecule has 4 aromatic carbocycles. The predicted molar refractivity (Wildman–Crippen MR) is 129 cm³/mol. The number of benzene rings is 4. The Bertz CT molecular complexity index is 1210. The van der Waals surface area contributed by atoms with Gasteiger partial charge in [0.15, 0.2) is 5.11 Å². The van der Waals surface area contributed by atoms with E-state index < -0.39 is 0 Å². The van der Waals surface area contributed by atoms with E-state index in [2.05, 4.69) is 47.9 Å². The first-order valence-corrected chi connectivity index (χ1v) is 10.1. The summed E-state index contributed by atoms with van der Waals surface area (Å²) in [7, 11) is 0. The Morgan fingerprint density at radius 1 is 0.862 bits per heavy atom. The number of hydrazone groups is 1. The molecule has 0 aliphatic heterocycles. The minimum atomic E-state index is 0.442. The number of nitrogens with zero attached hydrogens (tertiary/aromatic N) is 1. The number of fused-ring (bicyclic) bond motifs is 2. The zero-order chi connectivity index (χ0) is 20.4. The monoisotopic (exact) mass is 417 g/mol. The third-order valence-electron chi connectivity index (χ3n) is 5.12. The van der Waals surface area contributed by atoms with Gasteiger partial charge < -0.3 is 5.32 Å². The summed E-state index contributed by atoms with van der Waals surface area (Å²) in [4.78, 5) is 0. The van der Waals surface area contributed by atoms with Gasteiger partial charge in [-0.15, -0.1) is 0 Å². The van der Waals surface area contributed by atoms with Crippen molar-refractivity contribution in [1.29, 1.82) is 0 Å². The van der Waals surface area contributed by atoms with Crippen molar-refractivity contribution in [2.75, 3.05) is 5.32 Å². The average molecular weight is 418 g/mol. The molecule has 0 unspecified atom stereocenters. The summed E-state index contributed by atoms with van der Waals surface area (Å²) in [5, 5.41) is 12.9. The van der Waals surface area contributed by atoms with Crippen molar-refractivity contribution in [3.63, 3.8) is 0 Å². The number of thiocarbonyl (C=S) groups is 1. The molecule has 0 aliphatic rings. The quantitative estimate of drug-likeness (QED) is 0.171. The van der Waals surface area contributed by atoms with Gasteiger partial charge in [0.05, 0.1) is 11.2 Å². The number of rotatable bonds is 3. The first-order valence-electron chi connectivity index (χ1n) is 9.31. The summed E-state index contributed by atoms with van der Waals surface area (Å²) < 4.78 is 0. The molecule has 2 N–H and O–H groups in total. The second kappa shape index (κ2) is 8.19. The van der Waals surface area contributed by atoms with Gasteiger partial charge in [0.25, 0.3) is 0 Å². The fourth-order valence-electron chi connectivity index (χ4n) is 3.44. The molecular weight excluding hydrogens is 398 g/mol. The van der Waals surface area contributed by atoms with Crippen LogP contribution in [0.25, 0.3) is 21.5 Å². The lowest BCUT2D eigenvalue weighted by Gasteiger charge is -2.12. The van der Waals surface area contributed by atoms with Crippen LogP contribution < -0.4 is 10.7 Å². The third kappa shape index (κ3) is 3.82. The second-order valence-electron chi connectivity index (χ2n) is 6.89. The van der Waals surface area contributed by atoms with Crippen LogP contribution in [0.3, 0.4) is 0 Å². The van der Waals surface area contributed by atoms with Gasteiger partial charge in [0.2, 0.25) is 0 Å². The molecule has 0 fully saturated rings. The lowest BCUT2D eigenvalue weighted by atomic mass is 9.97. The van der Waals surface area contributed by atoms with Gasteiger partial charge >= 0.3 is 0 Å². The van der Waals surface area contributed by atoms with E-state index in [1.807, 2.05) is 48.5 Å². The van der Waals surface area contributed by atoms with Gasteiger partial charge in [-0.2, -0.15) is 5.10 Å². The molecule has 0 saturated carbocycles. The van der Waals surface area contributed by atoms with E-state index in [1.54, 1.807) is 6.21 Å². The minimum Gasteiger partial charge on any atom is -0.331 e. The highest BCUT2D eigenvalue weighted by atomic mass is 35.5. The molecule has 0 aromatic heterocycles. The molecule has 144 valence electrons. The Kier molecular flexibility index (Phi) is 5.47. The molecule has 0 spiro atoms. The molecule has 0 radical (unpaired) electrons. The number of halogens is 1. The highest BCUT2D eigenvalue weighted by Crippen LogP contribution is 2.35. The van der Waals surface area contributed by atoms with Gasteiger partial charge in [-0.1, -0.05) is 72.3 Å². The minimum absolute atomic E-state index is 0.442. The summed E-state index contributed by atoms with van der Waals surface area (Å²) in [6, 6.07) is 22.2. The van der Waals surface area contributed by atoms with E-state index >= 15 is 0 Å². The van der Waals surface area contributed by atoms with Crippen molar-refractivity contribution >= 4 is 62.4 Å². The van der Waals surface area contributed by atoms with Crippen molar-refractivity contribution in [2.45, 2.75) is 13.8 Å². The maximum absolute atomic E-state index is 6.66. The van der Waals surface area contributed by atoms with Crippen molar-refractivity contribution in [3.05, 3.63) is 88.4 Å². The number of hydrogen-bond donors (Lipinski definition) is 2. The highest BCUT2D eigenvalue weighted by molar-refractivity contribution is 7.80. The molecule has 3 nitrogen and oxygen atoms in total. The summed E-state index contributed by atoms with van der Waals surface area (Å²) in [5.74, 6) is 0. The molecule has 4 rings (SSSR count). The van der Waals surface area contributed by atoms with Crippen LogP contribution in [0, 0.1) is 13.8 Å². The van der Waals surface area contributed by atoms with E-state index in [9.17, 15) is 0 Å². The Balaban J connectivity index is 1.65. The summed E-state index contributed by atoms with van der Waals surface area (Å²) >= 11 is 12.1. The number of aryl methyl sites for hydroxylation is 1. The maximum atomic E-state index is 6.66. The fourth-order valence-corrected chi connectivity index (χ4v) is 3.93. The summed E-state index contributed by atoms with van der Waals surface area (Å²) in [6.45, 7) is 4.14. The Hall–Kier alpha value is -2.95. The molecule has 0 saturated heterocycles. The lowest BCUT2D eigenvalue weighted by molar-refractivity contribution is 1.05. The topological polar surface area (TPSA) is 36.4 Å². The van der Waals surface area contributed by atoms with Crippen LogP contribution in [-0.2, 0) is 0 Å². The Labute approximate surface area is 180 Å². The molecule has 0 amide bonds. The Morgan fingerprint density at radius 2 is 1.45 bits per heavy atom.